The molecule has 0 aliphatic rings. The van der Waals surface area contributed by atoms with E-state index in [-0.39, 0.29) is 18.1 Å². The summed E-state index contributed by atoms with van der Waals surface area (Å²) < 4.78 is 4.60. The van der Waals surface area contributed by atoms with Crippen molar-refractivity contribution in [3.63, 3.8) is 0 Å². The predicted octanol–water partition coefficient (Wildman–Crippen LogP) is 0.0876. The van der Waals surface area contributed by atoms with Gasteiger partial charge in [0, 0.05) is 12.6 Å². The number of rotatable bonds is 5. The lowest BCUT2D eigenvalue weighted by atomic mass is 10.2. The van der Waals surface area contributed by atoms with Crippen molar-refractivity contribution >= 4 is 5.97 Å². The zero-order chi connectivity index (χ0) is 10.4. The fourth-order valence-corrected chi connectivity index (χ4v) is 1.27. The van der Waals surface area contributed by atoms with Gasteiger partial charge in [-0.3, -0.25) is 4.79 Å². The molecule has 0 aromatic heterocycles. The molecule has 0 amide bonds. The number of carbonyl (C=O) groups is 1. The molecule has 0 heterocycles. The topological polar surface area (TPSA) is 41.6 Å². The average Bonchev–Trinajstić information content (AvgIpc) is 2.01. The number of carbonyl (C=O) groups excluding carboxylic acids is 1. The van der Waals surface area contributed by atoms with Crippen LogP contribution in [0, 0.1) is 0 Å². The van der Waals surface area contributed by atoms with Crippen molar-refractivity contribution in [3.8, 4) is 0 Å². The Labute approximate surface area is 80.2 Å². The van der Waals surface area contributed by atoms with Crippen molar-refractivity contribution in [2.24, 2.45) is 0 Å². The first-order valence-corrected chi connectivity index (χ1v) is 4.46. The summed E-state index contributed by atoms with van der Waals surface area (Å²) in [6.07, 6.45) is 0. The Morgan fingerprint density at radius 2 is 2.00 bits per heavy atom. The van der Waals surface area contributed by atoms with Crippen LogP contribution in [-0.2, 0) is 9.53 Å². The summed E-state index contributed by atoms with van der Waals surface area (Å²) in [5, 5.41) is 3.15. The molecule has 78 valence electrons. The number of nitrogens with one attached hydrogen (secondary N) is 1. The number of hydrogen-bond acceptors (Lipinski definition) is 4. The maximum Gasteiger partial charge on any atom is 0.322 e. The smallest absolute Gasteiger partial charge is 0.322 e. The molecule has 1 N–H and O–H groups in total. The zero-order valence-electron chi connectivity index (χ0n) is 9.13. The molecule has 2 unspecified atom stereocenters. The Morgan fingerprint density at radius 1 is 1.46 bits per heavy atom. The minimum absolute atomic E-state index is 0.217. The van der Waals surface area contributed by atoms with Crippen LogP contribution in [-0.4, -0.2) is 50.7 Å². The first kappa shape index (κ1) is 12.4. The van der Waals surface area contributed by atoms with Gasteiger partial charge in [-0.2, -0.15) is 0 Å². The molecule has 2 atom stereocenters. The number of esters is 1. The number of methoxy groups -OCH3 is 1. The molecule has 13 heavy (non-hydrogen) atoms. The number of nitrogens with zero attached hydrogens (tertiary/aromatic N) is 1. The van der Waals surface area contributed by atoms with E-state index in [0.717, 1.165) is 6.54 Å². The van der Waals surface area contributed by atoms with Gasteiger partial charge in [0.1, 0.15) is 6.04 Å². The van der Waals surface area contributed by atoms with Crippen LogP contribution in [0.3, 0.4) is 0 Å². The third-order valence-electron chi connectivity index (χ3n) is 1.73. The summed E-state index contributed by atoms with van der Waals surface area (Å²) in [4.78, 5) is 13.1. The Hall–Kier alpha value is -0.610. The molecule has 0 spiro atoms. The molecular formula is C9H20N2O2. The summed E-state index contributed by atoms with van der Waals surface area (Å²) in [5.41, 5.74) is 0. The molecule has 0 aromatic rings. The highest BCUT2D eigenvalue weighted by Gasteiger charge is 2.15. The fourth-order valence-electron chi connectivity index (χ4n) is 1.27. The van der Waals surface area contributed by atoms with E-state index in [1.165, 1.54) is 7.11 Å². The lowest BCUT2D eigenvalue weighted by Gasteiger charge is -2.21. The van der Waals surface area contributed by atoms with Crippen LogP contribution >= 0.6 is 0 Å². The molecule has 0 saturated heterocycles. The van der Waals surface area contributed by atoms with Crippen LogP contribution in [0.25, 0.3) is 0 Å². The predicted molar refractivity (Wildman–Crippen MR) is 52.6 cm³/mol. The van der Waals surface area contributed by atoms with Crippen LogP contribution in [0.15, 0.2) is 0 Å². The van der Waals surface area contributed by atoms with E-state index < -0.39 is 0 Å². The summed E-state index contributed by atoms with van der Waals surface area (Å²) in [6.45, 7) is 4.75. The van der Waals surface area contributed by atoms with E-state index in [1.807, 2.05) is 21.0 Å². The van der Waals surface area contributed by atoms with E-state index in [2.05, 4.69) is 15.0 Å². The van der Waals surface area contributed by atoms with Gasteiger partial charge in [-0.05, 0) is 27.9 Å². The Balaban J connectivity index is 3.77. The number of ether oxygens (including phenoxy) is 1. The maximum absolute atomic E-state index is 11.0. The fraction of sp³-hybridized carbons (Fsp3) is 0.889. The van der Waals surface area contributed by atoms with Gasteiger partial charge in [-0.25, -0.2) is 0 Å². The van der Waals surface area contributed by atoms with E-state index in [0.29, 0.717) is 0 Å². The van der Waals surface area contributed by atoms with Gasteiger partial charge in [0.05, 0.1) is 7.11 Å². The normalized spacial score (nSPS) is 15.5. The maximum atomic E-state index is 11.0. The van der Waals surface area contributed by atoms with Crippen LogP contribution < -0.4 is 5.32 Å². The van der Waals surface area contributed by atoms with E-state index in [9.17, 15) is 4.79 Å². The van der Waals surface area contributed by atoms with Crippen LogP contribution in [0.1, 0.15) is 13.8 Å². The van der Waals surface area contributed by atoms with Gasteiger partial charge in [0.25, 0.3) is 0 Å². The van der Waals surface area contributed by atoms with Gasteiger partial charge >= 0.3 is 5.97 Å². The van der Waals surface area contributed by atoms with Crippen molar-refractivity contribution in [2.45, 2.75) is 25.9 Å². The van der Waals surface area contributed by atoms with Crippen molar-refractivity contribution in [3.05, 3.63) is 0 Å². The molecule has 0 aliphatic heterocycles. The molecule has 4 heteroatoms. The molecule has 0 fully saturated rings. The van der Waals surface area contributed by atoms with Crippen molar-refractivity contribution < 1.29 is 9.53 Å². The van der Waals surface area contributed by atoms with Gasteiger partial charge in [-0.15, -0.1) is 0 Å². The highest BCUT2D eigenvalue weighted by molar-refractivity contribution is 5.75. The van der Waals surface area contributed by atoms with Crippen LogP contribution in [0.2, 0.25) is 0 Å². The largest absolute Gasteiger partial charge is 0.468 e. The Bertz CT molecular complexity index is 160. The Kier molecular flexibility index (Phi) is 5.66. The van der Waals surface area contributed by atoms with Crippen molar-refractivity contribution in [2.75, 3.05) is 27.7 Å². The summed E-state index contributed by atoms with van der Waals surface area (Å²) in [6, 6.07) is 0.0454. The van der Waals surface area contributed by atoms with Crippen molar-refractivity contribution in [1.29, 1.82) is 0 Å². The lowest BCUT2D eigenvalue weighted by molar-refractivity contribution is -0.142. The third kappa shape index (κ3) is 5.60. The monoisotopic (exact) mass is 188 g/mol. The van der Waals surface area contributed by atoms with Crippen molar-refractivity contribution in [1.82, 2.24) is 10.2 Å². The average molecular weight is 188 g/mol. The van der Waals surface area contributed by atoms with Gasteiger partial charge in [0.15, 0.2) is 0 Å². The van der Waals surface area contributed by atoms with E-state index in [1.54, 1.807) is 6.92 Å². The highest BCUT2D eigenvalue weighted by Crippen LogP contribution is 1.91. The summed E-state index contributed by atoms with van der Waals surface area (Å²) in [7, 11) is 5.40. The zero-order valence-corrected chi connectivity index (χ0v) is 9.13. The molecule has 0 rings (SSSR count). The van der Waals surface area contributed by atoms with Crippen LogP contribution in [0.5, 0.6) is 0 Å². The van der Waals surface area contributed by atoms with Gasteiger partial charge in [-0.1, -0.05) is 0 Å². The number of likely N-dealkylation sites (N-methyl/N-ethyl adjacent to an activating group) is 1. The second kappa shape index (κ2) is 5.94. The molecule has 0 bridgehead atoms. The van der Waals surface area contributed by atoms with E-state index >= 15 is 0 Å². The molecule has 0 saturated carbocycles. The van der Waals surface area contributed by atoms with Gasteiger partial charge < -0.3 is 15.0 Å². The molecule has 0 radical (unpaired) electrons. The second-order valence-corrected chi connectivity index (χ2v) is 3.57. The SMILES string of the molecule is COC(=O)C(C)NC(C)CN(C)C. The lowest BCUT2D eigenvalue weighted by Crippen LogP contribution is -2.44. The molecule has 4 nitrogen and oxygen atoms in total. The number of hydrogen-bond donors (Lipinski definition) is 1. The third-order valence-corrected chi connectivity index (χ3v) is 1.73. The minimum Gasteiger partial charge on any atom is -0.468 e. The summed E-state index contributed by atoms with van der Waals surface area (Å²) >= 11 is 0. The first-order chi connectivity index (χ1) is 5.97. The molecular weight excluding hydrogens is 168 g/mol. The standard InChI is InChI=1S/C9H20N2O2/c1-7(6-11(3)4)10-8(2)9(12)13-5/h7-8,10H,6H2,1-5H3. The highest BCUT2D eigenvalue weighted by atomic mass is 16.5. The molecule has 0 aromatic carbocycles. The quantitative estimate of drug-likeness (QED) is 0.621. The van der Waals surface area contributed by atoms with E-state index in [4.69, 9.17) is 0 Å². The van der Waals surface area contributed by atoms with Gasteiger partial charge in [0.2, 0.25) is 0 Å². The van der Waals surface area contributed by atoms with Crippen LogP contribution in [0.4, 0.5) is 0 Å². The molecule has 0 aliphatic carbocycles. The summed E-state index contributed by atoms with van der Waals surface area (Å²) in [5.74, 6) is -0.217. The first-order valence-electron chi connectivity index (χ1n) is 4.46. The Morgan fingerprint density at radius 3 is 2.38 bits per heavy atom. The second-order valence-electron chi connectivity index (χ2n) is 3.57. The minimum atomic E-state index is -0.236.